The minimum absolute atomic E-state index is 0.239. The number of nitrogens with zero attached hydrogens (tertiary/aromatic N) is 1. The molecule has 0 atom stereocenters. The van der Waals surface area contributed by atoms with Crippen molar-refractivity contribution in [1.82, 2.24) is 4.98 Å². The van der Waals surface area contributed by atoms with Crippen molar-refractivity contribution in [2.45, 2.75) is 13.8 Å². The van der Waals surface area contributed by atoms with Crippen LogP contribution in [0.4, 0.5) is 15.2 Å². The van der Waals surface area contributed by atoms with Crippen LogP contribution < -0.4 is 10.6 Å². The topological polar surface area (TPSA) is 111 Å². The molecule has 0 spiro atoms. The lowest BCUT2D eigenvalue weighted by molar-refractivity contribution is -0.114. The predicted octanol–water partition coefficient (Wildman–Crippen LogP) is 4.25. The van der Waals surface area contributed by atoms with Crippen molar-refractivity contribution >= 4 is 46.0 Å². The van der Waals surface area contributed by atoms with Crippen LogP contribution >= 0.6 is 11.3 Å². The first-order valence-corrected chi connectivity index (χ1v) is 9.85. The largest absolute Gasteiger partial charge is 0.465 e. The van der Waals surface area contributed by atoms with Gasteiger partial charge in [-0.2, -0.15) is 0 Å². The molecule has 160 valence electrons. The molecule has 3 aromatic rings. The number of methoxy groups -OCH3 is 1. The van der Waals surface area contributed by atoms with Crippen LogP contribution in [0.1, 0.15) is 28.8 Å². The Morgan fingerprint density at radius 3 is 2.68 bits per heavy atom. The highest BCUT2D eigenvalue weighted by atomic mass is 32.1. The number of hydrogen-bond acceptors (Lipinski definition) is 7. The summed E-state index contributed by atoms with van der Waals surface area (Å²) in [5.74, 6) is -1.17. The highest BCUT2D eigenvalue weighted by Gasteiger charge is 2.15. The van der Waals surface area contributed by atoms with Crippen LogP contribution in [0.15, 0.2) is 40.1 Å². The van der Waals surface area contributed by atoms with Gasteiger partial charge in [0.25, 0.3) is 0 Å². The highest BCUT2D eigenvalue weighted by molar-refractivity contribution is 7.14. The van der Waals surface area contributed by atoms with Gasteiger partial charge in [-0.05, 0) is 37.3 Å². The SMILES string of the molecule is COC(=O)c1cc(/C=C/C(=O)Nc2nc(-c3ccc(NC(C)=O)cc3F)cs2)oc1C. The third-order valence-corrected chi connectivity index (χ3v) is 4.80. The van der Waals surface area contributed by atoms with Crippen LogP contribution in [0.2, 0.25) is 0 Å². The van der Waals surface area contributed by atoms with Crippen molar-refractivity contribution in [1.29, 1.82) is 0 Å². The van der Waals surface area contributed by atoms with Crippen molar-refractivity contribution in [3.05, 3.63) is 58.6 Å². The van der Waals surface area contributed by atoms with Gasteiger partial charge >= 0.3 is 5.97 Å². The number of carbonyl (C=O) groups excluding carboxylic acids is 3. The van der Waals surface area contributed by atoms with Gasteiger partial charge in [-0.25, -0.2) is 14.2 Å². The summed E-state index contributed by atoms with van der Waals surface area (Å²) in [6.45, 7) is 2.95. The molecule has 0 bridgehead atoms. The van der Waals surface area contributed by atoms with E-state index in [0.29, 0.717) is 22.9 Å². The smallest absolute Gasteiger partial charge is 0.341 e. The summed E-state index contributed by atoms with van der Waals surface area (Å²) in [4.78, 5) is 39.0. The number of aromatic nitrogens is 1. The Kier molecular flexibility index (Phi) is 6.61. The highest BCUT2D eigenvalue weighted by Crippen LogP contribution is 2.28. The van der Waals surface area contributed by atoms with Crippen molar-refractivity contribution in [3.63, 3.8) is 0 Å². The molecule has 0 aliphatic rings. The molecule has 31 heavy (non-hydrogen) atoms. The van der Waals surface area contributed by atoms with E-state index in [1.54, 1.807) is 18.4 Å². The first kappa shape index (κ1) is 21.9. The fraction of sp³-hybridized carbons (Fsp3) is 0.143. The van der Waals surface area contributed by atoms with E-state index in [1.165, 1.54) is 44.4 Å². The molecule has 0 aliphatic heterocycles. The number of anilines is 2. The van der Waals surface area contributed by atoms with Crippen LogP contribution in [0, 0.1) is 12.7 Å². The molecule has 2 amide bonds. The molecule has 0 radical (unpaired) electrons. The zero-order valence-corrected chi connectivity index (χ0v) is 17.6. The van der Waals surface area contributed by atoms with Gasteiger partial charge in [0.1, 0.15) is 22.9 Å². The second-order valence-electron chi connectivity index (χ2n) is 6.35. The third kappa shape index (κ3) is 5.43. The van der Waals surface area contributed by atoms with Gasteiger partial charge in [-0.3, -0.25) is 14.9 Å². The van der Waals surface area contributed by atoms with E-state index in [-0.39, 0.29) is 22.2 Å². The van der Waals surface area contributed by atoms with Gasteiger partial charge in [-0.1, -0.05) is 0 Å². The van der Waals surface area contributed by atoms with Gasteiger partial charge in [0.15, 0.2) is 5.13 Å². The van der Waals surface area contributed by atoms with Gasteiger partial charge in [0, 0.05) is 29.6 Å². The molecule has 0 aliphatic carbocycles. The Balaban J connectivity index is 1.67. The normalized spacial score (nSPS) is 10.8. The summed E-state index contributed by atoms with van der Waals surface area (Å²) in [5, 5.41) is 6.97. The van der Waals surface area contributed by atoms with E-state index < -0.39 is 17.7 Å². The number of halogens is 1. The van der Waals surface area contributed by atoms with Crippen molar-refractivity contribution in [2.24, 2.45) is 0 Å². The number of esters is 1. The maximum absolute atomic E-state index is 14.4. The molecule has 2 N–H and O–H groups in total. The number of aryl methyl sites for hydroxylation is 1. The number of carbonyl (C=O) groups is 3. The Bertz CT molecular complexity index is 1180. The Hall–Kier alpha value is -3.79. The summed E-state index contributed by atoms with van der Waals surface area (Å²) in [6, 6.07) is 5.73. The molecular formula is C21H18FN3O5S. The van der Waals surface area contributed by atoms with Crippen LogP contribution in [0.5, 0.6) is 0 Å². The molecular weight excluding hydrogens is 425 g/mol. The summed E-state index contributed by atoms with van der Waals surface area (Å²) in [6.07, 6.45) is 2.63. The van der Waals surface area contributed by atoms with Gasteiger partial charge in [0.2, 0.25) is 11.8 Å². The molecule has 0 saturated heterocycles. The molecule has 2 aromatic heterocycles. The quantitative estimate of drug-likeness (QED) is 0.435. The summed E-state index contributed by atoms with van der Waals surface area (Å²) < 4.78 is 24.4. The summed E-state index contributed by atoms with van der Waals surface area (Å²) >= 11 is 1.13. The van der Waals surface area contributed by atoms with Crippen LogP contribution in [-0.2, 0) is 14.3 Å². The van der Waals surface area contributed by atoms with E-state index >= 15 is 0 Å². The van der Waals surface area contributed by atoms with Crippen LogP contribution in [-0.4, -0.2) is 29.9 Å². The van der Waals surface area contributed by atoms with E-state index in [4.69, 9.17) is 4.42 Å². The van der Waals surface area contributed by atoms with E-state index in [0.717, 1.165) is 11.3 Å². The Morgan fingerprint density at radius 2 is 2.00 bits per heavy atom. The number of nitrogens with one attached hydrogen (secondary N) is 2. The number of ether oxygens (including phenoxy) is 1. The van der Waals surface area contributed by atoms with Gasteiger partial charge < -0.3 is 14.5 Å². The van der Waals surface area contributed by atoms with Crippen molar-refractivity contribution < 1.29 is 27.9 Å². The maximum atomic E-state index is 14.4. The number of amides is 2. The number of hydrogen-bond donors (Lipinski definition) is 2. The second kappa shape index (κ2) is 9.35. The average Bonchev–Trinajstić information content (AvgIpc) is 3.32. The molecule has 0 saturated carbocycles. The maximum Gasteiger partial charge on any atom is 0.341 e. The van der Waals surface area contributed by atoms with Crippen molar-refractivity contribution in [2.75, 3.05) is 17.7 Å². The zero-order chi connectivity index (χ0) is 22.5. The van der Waals surface area contributed by atoms with Crippen LogP contribution in [0.25, 0.3) is 17.3 Å². The lowest BCUT2D eigenvalue weighted by Gasteiger charge is -2.04. The standard InChI is InChI=1S/C21H18FN3O5S/c1-11-16(20(28)29-3)9-14(30-11)5-7-19(27)25-21-24-18(10-31-21)15-6-4-13(8-17(15)22)23-12(2)26/h4-10H,1-3H3,(H,23,26)(H,24,25,27)/b7-5+. The number of furan rings is 1. The minimum atomic E-state index is -0.552. The number of thiazole rings is 1. The summed E-state index contributed by atoms with van der Waals surface area (Å²) in [7, 11) is 1.27. The molecule has 3 rings (SSSR count). The first-order chi connectivity index (χ1) is 14.8. The first-order valence-electron chi connectivity index (χ1n) is 8.97. The van der Waals surface area contributed by atoms with Crippen molar-refractivity contribution in [3.8, 4) is 11.3 Å². The Morgan fingerprint density at radius 1 is 1.23 bits per heavy atom. The molecule has 8 nitrogen and oxygen atoms in total. The number of benzene rings is 1. The van der Waals surface area contributed by atoms with E-state index in [9.17, 15) is 18.8 Å². The fourth-order valence-electron chi connectivity index (χ4n) is 2.66. The van der Waals surface area contributed by atoms with E-state index in [1.807, 2.05) is 0 Å². The number of rotatable bonds is 6. The second-order valence-corrected chi connectivity index (χ2v) is 7.20. The lowest BCUT2D eigenvalue weighted by Crippen LogP contribution is -2.07. The zero-order valence-electron chi connectivity index (χ0n) is 16.8. The molecule has 0 unspecified atom stereocenters. The minimum Gasteiger partial charge on any atom is -0.465 e. The third-order valence-electron chi connectivity index (χ3n) is 4.04. The predicted molar refractivity (Wildman–Crippen MR) is 114 cm³/mol. The lowest BCUT2D eigenvalue weighted by atomic mass is 10.1. The van der Waals surface area contributed by atoms with Gasteiger partial charge in [-0.15, -0.1) is 11.3 Å². The van der Waals surface area contributed by atoms with Gasteiger partial charge in [0.05, 0.1) is 12.8 Å². The van der Waals surface area contributed by atoms with E-state index in [2.05, 4.69) is 20.4 Å². The summed E-state index contributed by atoms with van der Waals surface area (Å²) in [5.41, 5.74) is 1.20. The molecule has 10 heteroatoms. The monoisotopic (exact) mass is 443 g/mol. The fourth-order valence-corrected chi connectivity index (χ4v) is 3.38. The van der Waals surface area contributed by atoms with Crippen LogP contribution in [0.3, 0.4) is 0 Å². The molecule has 0 fully saturated rings. The Labute approximate surface area is 180 Å². The molecule has 1 aromatic carbocycles. The average molecular weight is 443 g/mol. The molecule has 2 heterocycles.